The molecule has 3 rings (SSSR count). The summed E-state index contributed by atoms with van der Waals surface area (Å²) in [6.45, 7) is 3.60. The van der Waals surface area contributed by atoms with E-state index in [2.05, 4.69) is 10.3 Å². The lowest BCUT2D eigenvalue weighted by Gasteiger charge is -2.07. The summed E-state index contributed by atoms with van der Waals surface area (Å²) in [4.78, 5) is 28.9. The molecular weight excluding hydrogens is 352 g/mol. The molecule has 0 aliphatic heterocycles. The Kier molecular flexibility index (Phi) is 5.18. The number of rotatable bonds is 5. The molecular formula is C19H18N2O4S. The lowest BCUT2D eigenvalue weighted by Crippen LogP contribution is -2.12. The van der Waals surface area contributed by atoms with Crippen molar-refractivity contribution >= 4 is 38.6 Å². The number of aromatic nitrogens is 1. The van der Waals surface area contributed by atoms with E-state index in [1.165, 1.54) is 18.4 Å². The zero-order valence-corrected chi connectivity index (χ0v) is 15.4. The molecule has 0 fully saturated rings. The van der Waals surface area contributed by atoms with E-state index in [1.807, 2.05) is 0 Å². The third-order valence-electron chi connectivity index (χ3n) is 3.54. The molecule has 134 valence electrons. The molecule has 6 nitrogen and oxygen atoms in total. The van der Waals surface area contributed by atoms with Crippen LogP contribution in [-0.2, 0) is 4.74 Å². The molecule has 0 radical (unpaired) electrons. The second kappa shape index (κ2) is 7.53. The summed E-state index contributed by atoms with van der Waals surface area (Å²) in [5.74, 6) is -0.194. The second-order valence-electron chi connectivity index (χ2n) is 5.81. The van der Waals surface area contributed by atoms with E-state index in [9.17, 15) is 9.59 Å². The van der Waals surface area contributed by atoms with Crippen molar-refractivity contribution in [3.8, 4) is 5.75 Å². The molecule has 1 aromatic heterocycles. The van der Waals surface area contributed by atoms with E-state index in [0.29, 0.717) is 27.5 Å². The summed E-state index contributed by atoms with van der Waals surface area (Å²) in [6, 6.07) is 12.1. The van der Waals surface area contributed by atoms with Crippen molar-refractivity contribution in [1.29, 1.82) is 0 Å². The third kappa shape index (κ3) is 3.83. The van der Waals surface area contributed by atoms with Crippen molar-refractivity contribution in [2.45, 2.75) is 20.0 Å². The lowest BCUT2D eigenvalue weighted by molar-refractivity contribution is 0.0378. The number of carbonyl (C=O) groups excluding carboxylic acids is 2. The minimum atomic E-state index is -0.380. The SMILES string of the molecule is COc1ccccc1C(=O)Nc1nc2ccc(C(=O)OC(C)C)cc2s1. The molecule has 0 bridgehead atoms. The first-order chi connectivity index (χ1) is 12.5. The van der Waals surface area contributed by atoms with Gasteiger partial charge in [-0.2, -0.15) is 0 Å². The van der Waals surface area contributed by atoms with Crippen LogP contribution in [0.25, 0.3) is 10.2 Å². The van der Waals surface area contributed by atoms with Crippen LogP contribution in [0.3, 0.4) is 0 Å². The summed E-state index contributed by atoms with van der Waals surface area (Å²) in [5, 5.41) is 3.22. The standard InChI is InChI=1S/C19H18N2O4S/c1-11(2)25-18(23)12-8-9-14-16(10-12)26-19(20-14)21-17(22)13-6-4-5-7-15(13)24-3/h4-11H,1-3H3,(H,20,21,22). The number of esters is 1. The zero-order chi connectivity index (χ0) is 18.7. The van der Waals surface area contributed by atoms with Crippen molar-refractivity contribution < 1.29 is 19.1 Å². The summed E-state index contributed by atoms with van der Waals surface area (Å²) in [7, 11) is 1.52. The largest absolute Gasteiger partial charge is 0.496 e. The van der Waals surface area contributed by atoms with Gasteiger partial charge in [0.15, 0.2) is 5.13 Å². The van der Waals surface area contributed by atoms with Crippen molar-refractivity contribution in [2.75, 3.05) is 12.4 Å². The summed E-state index contributed by atoms with van der Waals surface area (Å²) < 4.78 is 11.2. The van der Waals surface area contributed by atoms with E-state index in [-0.39, 0.29) is 18.0 Å². The van der Waals surface area contributed by atoms with Gasteiger partial charge in [-0.25, -0.2) is 9.78 Å². The number of ether oxygens (including phenoxy) is 2. The lowest BCUT2D eigenvalue weighted by atomic mass is 10.2. The number of carbonyl (C=O) groups is 2. The van der Waals surface area contributed by atoms with Gasteiger partial charge in [-0.05, 0) is 44.2 Å². The van der Waals surface area contributed by atoms with Crippen LogP contribution in [0.15, 0.2) is 42.5 Å². The van der Waals surface area contributed by atoms with Crippen LogP contribution in [-0.4, -0.2) is 30.1 Å². The fourth-order valence-electron chi connectivity index (χ4n) is 2.38. The van der Waals surface area contributed by atoms with Gasteiger partial charge in [0.2, 0.25) is 0 Å². The number of fused-ring (bicyclic) bond motifs is 1. The highest BCUT2D eigenvalue weighted by atomic mass is 32.1. The number of benzene rings is 2. The van der Waals surface area contributed by atoms with Gasteiger partial charge in [0.25, 0.3) is 5.91 Å². The van der Waals surface area contributed by atoms with Crippen LogP contribution in [0.4, 0.5) is 5.13 Å². The van der Waals surface area contributed by atoms with Crippen LogP contribution in [0.1, 0.15) is 34.6 Å². The molecule has 0 aliphatic rings. The van der Waals surface area contributed by atoms with Crippen LogP contribution in [0.5, 0.6) is 5.75 Å². The number of amides is 1. The number of anilines is 1. The molecule has 7 heteroatoms. The summed E-state index contributed by atoms with van der Waals surface area (Å²) in [5.41, 5.74) is 1.58. The number of hydrogen-bond donors (Lipinski definition) is 1. The fourth-order valence-corrected chi connectivity index (χ4v) is 3.28. The average molecular weight is 370 g/mol. The van der Waals surface area contributed by atoms with Gasteiger partial charge >= 0.3 is 5.97 Å². The first kappa shape index (κ1) is 17.9. The highest BCUT2D eigenvalue weighted by Gasteiger charge is 2.15. The number of nitrogens with one attached hydrogen (secondary N) is 1. The molecule has 0 unspecified atom stereocenters. The Morgan fingerprint density at radius 1 is 1.15 bits per heavy atom. The second-order valence-corrected chi connectivity index (χ2v) is 6.84. The number of methoxy groups -OCH3 is 1. The molecule has 0 atom stereocenters. The predicted molar refractivity (Wildman–Crippen MR) is 101 cm³/mol. The Morgan fingerprint density at radius 2 is 1.92 bits per heavy atom. The van der Waals surface area contributed by atoms with Crippen molar-refractivity contribution in [1.82, 2.24) is 4.98 Å². The number of nitrogens with zero attached hydrogens (tertiary/aromatic N) is 1. The van der Waals surface area contributed by atoms with Gasteiger partial charge in [0, 0.05) is 0 Å². The molecule has 0 aliphatic carbocycles. The normalized spacial score (nSPS) is 10.8. The summed E-state index contributed by atoms with van der Waals surface area (Å²) in [6.07, 6.45) is -0.185. The maximum absolute atomic E-state index is 12.5. The minimum Gasteiger partial charge on any atom is -0.496 e. The maximum Gasteiger partial charge on any atom is 0.338 e. The first-order valence-electron chi connectivity index (χ1n) is 8.04. The topological polar surface area (TPSA) is 77.5 Å². The van der Waals surface area contributed by atoms with Crippen molar-refractivity contribution in [3.63, 3.8) is 0 Å². The first-order valence-corrected chi connectivity index (χ1v) is 8.85. The molecule has 26 heavy (non-hydrogen) atoms. The Labute approximate surface area is 154 Å². The quantitative estimate of drug-likeness (QED) is 0.684. The molecule has 2 aromatic carbocycles. The van der Waals surface area contributed by atoms with Crippen molar-refractivity contribution in [2.24, 2.45) is 0 Å². The van der Waals surface area contributed by atoms with Crippen LogP contribution < -0.4 is 10.1 Å². The van der Waals surface area contributed by atoms with E-state index in [4.69, 9.17) is 9.47 Å². The van der Waals surface area contributed by atoms with E-state index < -0.39 is 0 Å². The number of hydrogen-bond acceptors (Lipinski definition) is 6. The molecule has 0 spiro atoms. The van der Waals surface area contributed by atoms with Gasteiger partial charge in [0.05, 0.1) is 34.6 Å². The van der Waals surface area contributed by atoms with Crippen LogP contribution >= 0.6 is 11.3 Å². The number of thiazole rings is 1. The zero-order valence-electron chi connectivity index (χ0n) is 14.6. The molecule has 0 saturated heterocycles. The predicted octanol–water partition coefficient (Wildman–Crippen LogP) is 4.12. The average Bonchev–Trinajstić information content (AvgIpc) is 3.02. The van der Waals surface area contributed by atoms with Gasteiger partial charge in [-0.3, -0.25) is 10.1 Å². The van der Waals surface area contributed by atoms with E-state index in [0.717, 1.165) is 4.70 Å². The Balaban J connectivity index is 1.83. The van der Waals surface area contributed by atoms with Crippen LogP contribution in [0.2, 0.25) is 0 Å². The fraction of sp³-hybridized carbons (Fsp3) is 0.211. The van der Waals surface area contributed by atoms with Gasteiger partial charge < -0.3 is 9.47 Å². The smallest absolute Gasteiger partial charge is 0.338 e. The maximum atomic E-state index is 12.5. The van der Waals surface area contributed by atoms with E-state index in [1.54, 1.807) is 56.3 Å². The highest BCUT2D eigenvalue weighted by Crippen LogP contribution is 2.28. The van der Waals surface area contributed by atoms with Gasteiger partial charge in [0.1, 0.15) is 5.75 Å². The Bertz CT molecular complexity index is 965. The molecule has 0 saturated carbocycles. The summed E-state index contributed by atoms with van der Waals surface area (Å²) >= 11 is 1.29. The van der Waals surface area contributed by atoms with Gasteiger partial charge in [-0.1, -0.05) is 23.5 Å². The molecule has 1 heterocycles. The third-order valence-corrected chi connectivity index (χ3v) is 4.47. The Morgan fingerprint density at radius 3 is 2.65 bits per heavy atom. The van der Waals surface area contributed by atoms with Gasteiger partial charge in [-0.15, -0.1) is 0 Å². The number of para-hydroxylation sites is 1. The van der Waals surface area contributed by atoms with E-state index >= 15 is 0 Å². The minimum absolute atomic E-state index is 0.185. The van der Waals surface area contributed by atoms with Crippen molar-refractivity contribution in [3.05, 3.63) is 53.6 Å². The highest BCUT2D eigenvalue weighted by molar-refractivity contribution is 7.22. The monoisotopic (exact) mass is 370 g/mol. The molecule has 3 aromatic rings. The van der Waals surface area contributed by atoms with Crippen LogP contribution in [0, 0.1) is 0 Å². The molecule has 1 N–H and O–H groups in total. The Hall–Kier alpha value is -2.93. The molecule has 1 amide bonds.